The van der Waals surface area contributed by atoms with E-state index in [4.69, 9.17) is 13.6 Å². The van der Waals surface area contributed by atoms with E-state index >= 15 is 0 Å². The average Bonchev–Trinajstić information content (AvgIpc) is 2.71. The van der Waals surface area contributed by atoms with E-state index in [-0.39, 0.29) is 0 Å². The highest BCUT2D eigenvalue weighted by molar-refractivity contribution is 7.41. The van der Waals surface area contributed by atoms with Gasteiger partial charge in [0.15, 0.2) is 0 Å². The molecule has 4 nitrogen and oxygen atoms in total. The van der Waals surface area contributed by atoms with E-state index in [0.717, 1.165) is 77.7 Å². The normalized spacial score (nSPS) is 13.5. The van der Waals surface area contributed by atoms with E-state index < -0.39 is 8.60 Å². The molecule has 0 bridgehead atoms. The Balaban J connectivity index is 3.93. The van der Waals surface area contributed by atoms with Gasteiger partial charge in [0.25, 0.3) is 0 Å². The Hall–Kier alpha value is -0.250. The van der Waals surface area contributed by atoms with Crippen LogP contribution in [0.5, 0.6) is 0 Å². The van der Waals surface area contributed by atoms with Crippen molar-refractivity contribution in [1.82, 2.24) is 5.32 Å². The van der Waals surface area contributed by atoms with Crippen LogP contribution >= 0.6 is 8.60 Å². The Morgan fingerprint density at radius 3 is 1.96 bits per heavy atom. The summed E-state index contributed by atoms with van der Waals surface area (Å²) in [5.41, 5.74) is 1.47. The fourth-order valence-corrected chi connectivity index (χ4v) is 3.61. The van der Waals surface area contributed by atoms with Gasteiger partial charge in [-0.2, -0.15) is 0 Å². The number of nitrogens with one attached hydrogen (secondary N) is 1. The number of hydrogen-bond donors (Lipinski definition) is 1. The Bertz CT molecular complexity index is 375. The zero-order chi connectivity index (χ0) is 20.7. The SMILES string of the molecule is C/C=C/CCCCOP(OCCCC/C=C(/C)CC)OCCCCCCNC. The van der Waals surface area contributed by atoms with Gasteiger partial charge in [-0.15, -0.1) is 0 Å². The molecule has 0 fully saturated rings. The topological polar surface area (TPSA) is 39.7 Å². The number of hydrogen-bond acceptors (Lipinski definition) is 4. The first-order valence-corrected chi connectivity index (χ1v) is 12.4. The molecule has 0 amide bonds. The van der Waals surface area contributed by atoms with Crippen LogP contribution in [-0.4, -0.2) is 33.4 Å². The summed E-state index contributed by atoms with van der Waals surface area (Å²) in [5, 5.41) is 3.19. The summed E-state index contributed by atoms with van der Waals surface area (Å²) in [6.07, 6.45) is 19.3. The first kappa shape index (κ1) is 27.8. The van der Waals surface area contributed by atoms with Crippen molar-refractivity contribution in [2.24, 2.45) is 0 Å². The van der Waals surface area contributed by atoms with Crippen molar-refractivity contribution in [1.29, 1.82) is 0 Å². The van der Waals surface area contributed by atoms with Gasteiger partial charge >= 0.3 is 8.60 Å². The first-order chi connectivity index (χ1) is 13.7. The highest BCUT2D eigenvalue weighted by Crippen LogP contribution is 2.40. The average molecular weight is 416 g/mol. The predicted molar refractivity (Wildman–Crippen MR) is 124 cm³/mol. The van der Waals surface area contributed by atoms with Crippen molar-refractivity contribution in [2.75, 3.05) is 33.4 Å². The van der Waals surface area contributed by atoms with Crippen molar-refractivity contribution >= 4 is 8.60 Å². The van der Waals surface area contributed by atoms with Crippen LogP contribution in [0.15, 0.2) is 23.8 Å². The molecule has 0 heterocycles. The minimum atomic E-state index is -1.19. The second-order valence-electron chi connectivity index (χ2n) is 7.21. The molecule has 1 atom stereocenters. The van der Waals surface area contributed by atoms with Crippen LogP contribution in [0, 0.1) is 0 Å². The van der Waals surface area contributed by atoms with Gasteiger partial charge in [0.05, 0.1) is 19.8 Å². The highest BCUT2D eigenvalue weighted by atomic mass is 31.2. The van der Waals surface area contributed by atoms with Crippen molar-refractivity contribution < 1.29 is 13.6 Å². The van der Waals surface area contributed by atoms with Crippen molar-refractivity contribution in [3.05, 3.63) is 23.8 Å². The van der Waals surface area contributed by atoms with Crippen LogP contribution in [-0.2, 0) is 13.6 Å². The van der Waals surface area contributed by atoms with Gasteiger partial charge < -0.3 is 18.9 Å². The summed E-state index contributed by atoms with van der Waals surface area (Å²) in [6.45, 7) is 9.76. The second-order valence-corrected chi connectivity index (χ2v) is 8.43. The molecule has 1 N–H and O–H groups in total. The van der Waals surface area contributed by atoms with E-state index in [1.807, 2.05) is 7.05 Å². The number of unbranched alkanes of at least 4 members (excludes halogenated alkanes) is 7. The van der Waals surface area contributed by atoms with Gasteiger partial charge in [0.1, 0.15) is 0 Å². The summed E-state index contributed by atoms with van der Waals surface area (Å²) < 4.78 is 17.7. The van der Waals surface area contributed by atoms with Gasteiger partial charge in [0.2, 0.25) is 0 Å². The Morgan fingerprint density at radius 1 is 0.821 bits per heavy atom. The molecule has 0 aliphatic carbocycles. The van der Waals surface area contributed by atoms with E-state index in [1.54, 1.807) is 0 Å². The maximum atomic E-state index is 5.92. The van der Waals surface area contributed by atoms with Crippen LogP contribution in [0.2, 0.25) is 0 Å². The molecule has 0 aromatic rings. The zero-order valence-corrected chi connectivity index (χ0v) is 19.9. The molecule has 1 unspecified atom stereocenters. The van der Waals surface area contributed by atoms with Crippen LogP contribution in [0.25, 0.3) is 0 Å². The summed E-state index contributed by atoms with van der Waals surface area (Å²) >= 11 is 0. The summed E-state index contributed by atoms with van der Waals surface area (Å²) in [7, 11) is 0.810. The number of allylic oxidation sites excluding steroid dienone is 4. The molecule has 0 aliphatic heterocycles. The number of rotatable bonds is 21. The Morgan fingerprint density at radius 2 is 1.39 bits per heavy atom. The summed E-state index contributed by atoms with van der Waals surface area (Å²) in [4.78, 5) is 0. The highest BCUT2D eigenvalue weighted by Gasteiger charge is 2.12. The molecule has 0 aromatic heterocycles. The predicted octanol–water partition coefficient (Wildman–Crippen LogP) is 7.32. The molecule has 0 radical (unpaired) electrons. The van der Waals surface area contributed by atoms with Crippen LogP contribution < -0.4 is 5.32 Å². The van der Waals surface area contributed by atoms with Gasteiger partial charge in [-0.25, -0.2) is 0 Å². The lowest BCUT2D eigenvalue weighted by Crippen LogP contribution is -2.07. The third-order valence-electron chi connectivity index (χ3n) is 4.56. The summed E-state index contributed by atoms with van der Waals surface area (Å²) in [5.74, 6) is 0. The lowest BCUT2D eigenvalue weighted by atomic mass is 10.1. The van der Waals surface area contributed by atoms with E-state index in [9.17, 15) is 0 Å². The Kier molecular flexibility index (Phi) is 22.8. The zero-order valence-electron chi connectivity index (χ0n) is 19.0. The largest absolute Gasteiger partial charge is 0.332 e. The molecule has 0 rings (SSSR count). The Labute approximate surface area is 176 Å². The molecule has 5 heteroatoms. The van der Waals surface area contributed by atoms with Crippen molar-refractivity contribution in [3.8, 4) is 0 Å². The fraction of sp³-hybridized carbons (Fsp3) is 0.826. The van der Waals surface area contributed by atoms with Crippen molar-refractivity contribution in [3.63, 3.8) is 0 Å². The van der Waals surface area contributed by atoms with E-state index in [1.165, 1.54) is 24.8 Å². The third-order valence-corrected chi connectivity index (χ3v) is 5.74. The van der Waals surface area contributed by atoms with Crippen LogP contribution in [0.4, 0.5) is 0 Å². The van der Waals surface area contributed by atoms with Crippen LogP contribution in [0.1, 0.15) is 91.4 Å². The molecule has 166 valence electrons. The molecule has 0 saturated heterocycles. The lowest BCUT2D eigenvalue weighted by Gasteiger charge is -2.17. The minimum Gasteiger partial charge on any atom is -0.320 e. The molecule has 0 spiro atoms. The van der Waals surface area contributed by atoms with Gasteiger partial charge in [-0.05, 0) is 85.2 Å². The third kappa shape index (κ3) is 20.5. The fourth-order valence-electron chi connectivity index (χ4n) is 2.56. The maximum Gasteiger partial charge on any atom is 0.332 e. The van der Waals surface area contributed by atoms with Crippen LogP contribution in [0.3, 0.4) is 0 Å². The smallest absolute Gasteiger partial charge is 0.320 e. The molecule has 0 aromatic carbocycles. The first-order valence-electron chi connectivity index (χ1n) is 11.3. The summed E-state index contributed by atoms with van der Waals surface area (Å²) in [6, 6.07) is 0. The van der Waals surface area contributed by atoms with E-state index in [0.29, 0.717) is 0 Å². The van der Waals surface area contributed by atoms with Gasteiger partial charge in [-0.3, -0.25) is 0 Å². The maximum absolute atomic E-state index is 5.92. The monoisotopic (exact) mass is 415 g/mol. The molecule has 28 heavy (non-hydrogen) atoms. The molecule has 0 saturated carbocycles. The molecular weight excluding hydrogens is 369 g/mol. The minimum absolute atomic E-state index is 0.726. The van der Waals surface area contributed by atoms with E-state index in [2.05, 4.69) is 44.3 Å². The standard InChI is InChI=1S/C23H46NO3P/c1-5-7-8-10-15-20-25-28(26-21-16-11-9-14-19-24-4)27-22-17-12-13-18-23(3)6-2/h5,7,18,24H,6,8-17,19-22H2,1-4H3/b7-5+,23-18-. The van der Waals surface area contributed by atoms with Gasteiger partial charge in [0, 0.05) is 0 Å². The van der Waals surface area contributed by atoms with Crippen molar-refractivity contribution in [2.45, 2.75) is 91.4 Å². The lowest BCUT2D eigenvalue weighted by molar-refractivity contribution is 0.154. The quantitative estimate of drug-likeness (QED) is 0.121. The second kappa shape index (κ2) is 23.0. The van der Waals surface area contributed by atoms with Gasteiger partial charge in [-0.1, -0.05) is 43.6 Å². The molecule has 0 aliphatic rings. The molecular formula is C23H46NO3P.